The summed E-state index contributed by atoms with van der Waals surface area (Å²) in [5.41, 5.74) is 2.65. The van der Waals surface area contributed by atoms with Crippen molar-refractivity contribution in [3.8, 4) is 0 Å². The summed E-state index contributed by atoms with van der Waals surface area (Å²) >= 11 is 0. The zero-order chi connectivity index (χ0) is 31.0. The zero-order valence-corrected chi connectivity index (χ0v) is 26.8. The fourth-order valence-electron chi connectivity index (χ4n) is 5.51. The molecule has 4 rings (SSSR count). The highest BCUT2D eigenvalue weighted by Gasteiger charge is 2.54. The Morgan fingerprint density at radius 3 is 1.72 bits per heavy atom. The number of methoxy groups -OCH3 is 1. The zero-order valence-electron chi connectivity index (χ0n) is 25.8. The van der Waals surface area contributed by atoms with Crippen LogP contribution < -0.4 is 10.4 Å². The average molecular weight is 596 g/mol. The van der Waals surface area contributed by atoms with Gasteiger partial charge in [0.1, 0.15) is 6.61 Å². The number of likely N-dealkylation sites (N-methyl/N-ethyl adjacent to an activating group) is 1. The number of rotatable bonds is 10. The molecule has 0 bridgehead atoms. The van der Waals surface area contributed by atoms with Gasteiger partial charge in [-0.2, -0.15) is 0 Å². The van der Waals surface area contributed by atoms with Crippen LogP contribution in [0.5, 0.6) is 0 Å². The van der Waals surface area contributed by atoms with Gasteiger partial charge in [-0.15, -0.1) is 0 Å². The minimum Gasteiger partial charge on any atom is -0.508 e. The largest absolute Gasteiger partial charge is 0.508 e. The molecule has 4 aromatic carbocycles. The van der Waals surface area contributed by atoms with E-state index in [1.54, 1.807) is 7.05 Å². The topological polar surface area (TPSA) is 65.1 Å². The third kappa shape index (κ3) is 7.07. The summed E-state index contributed by atoms with van der Waals surface area (Å²) in [6.45, 7) is 8.42. The van der Waals surface area contributed by atoms with E-state index in [1.165, 1.54) is 12.0 Å². The molecule has 0 heterocycles. The van der Waals surface area contributed by atoms with E-state index in [9.17, 15) is 9.59 Å². The van der Waals surface area contributed by atoms with Crippen molar-refractivity contribution in [1.29, 1.82) is 0 Å². The van der Waals surface area contributed by atoms with Gasteiger partial charge in [0.15, 0.2) is 6.10 Å². The Bertz CT molecular complexity index is 1430. The van der Waals surface area contributed by atoms with Gasteiger partial charge in [-0.05, 0) is 33.5 Å². The van der Waals surface area contributed by atoms with Gasteiger partial charge in [-0.3, -0.25) is 4.79 Å². The summed E-state index contributed by atoms with van der Waals surface area (Å²) in [4.78, 5) is 29.3. The number of hydrogen-bond donors (Lipinski definition) is 0. The molecule has 1 amide bonds. The van der Waals surface area contributed by atoms with Gasteiger partial charge >= 0.3 is 20.4 Å². The van der Waals surface area contributed by atoms with E-state index in [1.807, 2.05) is 122 Å². The SMILES string of the molecule is CO[C@H](C(=O)O[Si](c1ccccc1)(c1ccccc1)C(C)(C)C)[C@@H](c1ccc(C)cc1)N(C)C(=O)OCc1ccccc1. The molecule has 0 fully saturated rings. The maximum Gasteiger partial charge on any atom is 0.410 e. The molecule has 0 saturated heterocycles. The van der Waals surface area contributed by atoms with Crippen LogP contribution >= 0.6 is 0 Å². The summed E-state index contributed by atoms with van der Waals surface area (Å²) in [6.07, 6.45) is -1.70. The number of nitrogens with zero attached hydrogens (tertiary/aromatic N) is 1. The number of ether oxygens (including phenoxy) is 2. The summed E-state index contributed by atoms with van der Waals surface area (Å²) in [6, 6.07) is 36.3. The van der Waals surface area contributed by atoms with Gasteiger partial charge in [-0.25, -0.2) is 4.79 Å². The van der Waals surface area contributed by atoms with Gasteiger partial charge in [0.2, 0.25) is 0 Å². The molecular weight excluding hydrogens is 554 g/mol. The van der Waals surface area contributed by atoms with Crippen LogP contribution in [0.25, 0.3) is 0 Å². The van der Waals surface area contributed by atoms with Crippen molar-refractivity contribution >= 4 is 30.8 Å². The monoisotopic (exact) mass is 595 g/mol. The molecule has 0 radical (unpaired) electrons. The third-order valence-corrected chi connectivity index (χ3v) is 12.7. The molecule has 0 unspecified atom stereocenters. The standard InChI is InChI=1S/C36H41NO5Si/c1-27-22-24-29(25-23-27)32(37(5)35(39)41-26-28-16-10-7-11-17-28)33(40-6)34(38)42-43(36(2,3)4,30-18-12-8-13-19-30)31-20-14-9-15-21-31/h7-25,32-33H,26H2,1-6H3/t32-,33+/m1/s1. The van der Waals surface area contributed by atoms with Crippen molar-refractivity contribution in [3.05, 3.63) is 132 Å². The lowest BCUT2D eigenvalue weighted by Crippen LogP contribution is -2.68. The summed E-state index contributed by atoms with van der Waals surface area (Å²) in [5.74, 6) is -0.537. The Morgan fingerprint density at radius 1 is 0.767 bits per heavy atom. The van der Waals surface area contributed by atoms with E-state index in [4.69, 9.17) is 13.9 Å². The molecule has 6 nitrogen and oxygen atoms in total. The molecule has 0 N–H and O–H groups in total. The number of amides is 1. The highest BCUT2D eigenvalue weighted by atomic mass is 28.4. The first-order valence-corrected chi connectivity index (χ1v) is 16.4. The van der Waals surface area contributed by atoms with Crippen molar-refractivity contribution in [1.82, 2.24) is 4.90 Å². The molecule has 0 aliphatic carbocycles. The number of aryl methyl sites for hydroxylation is 1. The fourth-order valence-corrected chi connectivity index (χ4v) is 9.86. The molecule has 43 heavy (non-hydrogen) atoms. The lowest BCUT2D eigenvalue weighted by molar-refractivity contribution is -0.150. The molecule has 0 spiro atoms. The van der Waals surface area contributed by atoms with Gasteiger partial charge in [0, 0.05) is 14.2 Å². The fraction of sp³-hybridized carbons (Fsp3) is 0.278. The lowest BCUT2D eigenvalue weighted by Gasteiger charge is -2.43. The van der Waals surface area contributed by atoms with Crippen LogP contribution in [0.15, 0.2) is 115 Å². The molecule has 7 heteroatoms. The molecule has 0 saturated carbocycles. The number of carbonyl (C=O) groups excluding carboxylic acids is 2. The Kier molecular flexibility index (Phi) is 10.2. The van der Waals surface area contributed by atoms with Crippen LogP contribution in [0.3, 0.4) is 0 Å². The predicted molar refractivity (Wildman–Crippen MR) is 173 cm³/mol. The second-order valence-corrected chi connectivity index (χ2v) is 16.0. The second-order valence-electron chi connectivity index (χ2n) is 11.7. The highest BCUT2D eigenvalue weighted by Crippen LogP contribution is 2.38. The van der Waals surface area contributed by atoms with Gasteiger partial charge in [0.25, 0.3) is 0 Å². The predicted octanol–water partition coefficient (Wildman–Crippen LogP) is 6.42. The summed E-state index contributed by atoms with van der Waals surface area (Å²) in [7, 11) is -0.134. The molecular formula is C36H41NO5Si. The highest BCUT2D eigenvalue weighted by molar-refractivity contribution is 7.00. The van der Waals surface area contributed by atoms with E-state index in [0.29, 0.717) is 0 Å². The third-order valence-electron chi connectivity index (χ3n) is 7.77. The van der Waals surface area contributed by atoms with E-state index in [2.05, 4.69) is 20.8 Å². The van der Waals surface area contributed by atoms with Crippen LogP contribution in [-0.2, 0) is 25.3 Å². The van der Waals surface area contributed by atoms with Crippen molar-refractivity contribution in [2.24, 2.45) is 0 Å². The molecule has 2 atom stereocenters. The summed E-state index contributed by atoms with van der Waals surface area (Å²) in [5, 5.41) is 1.52. The smallest absolute Gasteiger partial charge is 0.410 e. The Morgan fingerprint density at radius 2 is 1.26 bits per heavy atom. The van der Waals surface area contributed by atoms with E-state index >= 15 is 0 Å². The molecule has 0 aliphatic heterocycles. The summed E-state index contributed by atoms with van der Waals surface area (Å²) < 4.78 is 18.4. The molecule has 0 aliphatic rings. The number of hydrogen-bond acceptors (Lipinski definition) is 5. The van der Waals surface area contributed by atoms with Gasteiger partial charge < -0.3 is 18.8 Å². The number of benzene rings is 4. The van der Waals surface area contributed by atoms with Crippen LogP contribution in [0, 0.1) is 6.92 Å². The first-order valence-electron chi connectivity index (χ1n) is 14.4. The van der Waals surface area contributed by atoms with E-state index in [-0.39, 0.29) is 6.61 Å². The van der Waals surface area contributed by atoms with Crippen LogP contribution in [0.2, 0.25) is 5.04 Å². The Balaban J connectivity index is 1.75. The van der Waals surface area contributed by atoms with E-state index < -0.39 is 37.6 Å². The number of carbonyl (C=O) groups is 2. The van der Waals surface area contributed by atoms with Gasteiger partial charge in [-0.1, -0.05) is 142 Å². The van der Waals surface area contributed by atoms with Crippen molar-refractivity contribution in [3.63, 3.8) is 0 Å². The van der Waals surface area contributed by atoms with Gasteiger partial charge in [0.05, 0.1) is 6.04 Å². The first kappa shape index (κ1) is 31.7. The lowest BCUT2D eigenvalue weighted by atomic mass is 9.99. The quantitative estimate of drug-likeness (QED) is 0.198. The first-order chi connectivity index (χ1) is 20.6. The normalized spacial score (nSPS) is 13.1. The minimum atomic E-state index is -3.23. The van der Waals surface area contributed by atoms with Crippen molar-refractivity contribution in [2.75, 3.05) is 14.2 Å². The second kappa shape index (κ2) is 13.8. The Labute approximate surface area is 256 Å². The van der Waals surface area contributed by atoms with Crippen LogP contribution in [0.1, 0.15) is 43.5 Å². The minimum absolute atomic E-state index is 0.106. The van der Waals surface area contributed by atoms with Crippen molar-refractivity contribution < 1.29 is 23.5 Å². The van der Waals surface area contributed by atoms with E-state index in [0.717, 1.165) is 27.1 Å². The molecule has 0 aromatic heterocycles. The van der Waals surface area contributed by atoms with Crippen LogP contribution in [0.4, 0.5) is 4.79 Å². The molecule has 224 valence electrons. The maximum atomic E-state index is 14.5. The van der Waals surface area contributed by atoms with Crippen LogP contribution in [-0.4, -0.2) is 45.5 Å². The average Bonchev–Trinajstić information content (AvgIpc) is 3.02. The maximum absolute atomic E-state index is 14.5. The Hall–Kier alpha value is -4.20. The van der Waals surface area contributed by atoms with Crippen molar-refractivity contribution in [2.45, 2.75) is 51.5 Å². The molecule has 4 aromatic rings.